The van der Waals surface area contributed by atoms with E-state index < -0.39 is 21.7 Å². The highest BCUT2D eigenvalue weighted by Gasteiger charge is 2.16. The van der Waals surface area contributed by atoms with Crippen LogP contribution in [0.15, 0.2) is 47.9 Å². The van der Waals surface area contributed by atoms with E-state index in [0.717, 1.165) is 18.2 Å². The lowest BCUT2D eigenvalue weighted by Gasteiger charge is -2.08. The van der Waals surface area contributed by atoms with Crippen LogP contribution in [0.5, 0.6) is 0 Å². The highest BCUT2D eigenvalue weighted by Crippen LogP contribution is 2.19. The summed E-state index contributed by atoms with van der Waals surface area (Å²) in [4.78, 5) is 24.1. The standard InChI is InChI=1S/C17H16ClFN6O3S/c1-25-5-4-20-16(25)10-23-17(26)15-9-21-11(7-22-15)8-24-29(27,28)12-2-3-14(19)13(18)6-12/h2-7,9,24H,8,10H2,1H3,(H,23,26). The third-order valence-electron chi connectivity index (χ3n) is 3.91. The van der Waals surface area contributed by atoms with Crippen LogP contribution >= 0.6 is 11.6 Å². The molecule has 0 fully saturated rings. The molecule has 0 atom stereocenters. The van der Waals surface area contributed by atoms with Crippen LogP contribution in [0.2, 0.25) is 5.02 Å². The van der Waals surface area contributed by atoms with Gasteiger partial charge in [-0.15, -0.1) is 0 Å². The molecule has 0 radical (unpaired) electrons. The molecule has 0 aliphatic heterocycles. The maximum atomic E-state index is 13.2. The lowest BCUT2D eigenvalue weighted by atomic mass is 10.3. The SMILES string of the molecule is Cn1ccnc1CNC(=O)c1cnc(CNS(=O)(=O)c2ccc(F)c(Cl)c2)cn1. The minimum atomic E-state index is -3.92. The van der Waals surface area contributed by atoms with E-state index in [2.05, 4.69) is 25.0 Å². The van der Waals surface area contributed by atoms with Crippen molar-refractivity contribution in [1.29, 1.82) is 0 Å². The highest BCUT2D eigenvalue weighted by molar-refractivity contribution is 7.89. The average molecular weight is 439 g/mol. The Balaban J connectivity index is 1.59. The molecule has 2 aromatic heterocycles. The molecule has 3 aromatic rings. The smallest absolute Gasteiger partial charge is 0.271 e. The predicted octanol–water partition coefficient (Wildman–Crippen LogP) is 1.41. The number of carbonyl (C=O) groups is 1. The zero-order valence-corrected chi connectivity index (χ0v) is 16.7. The first-order valence-electron chi connectivity index (χ1n) is 8.26. The van der Waals surface area contributed by atoms with Crippen molar-refractivity contribution in [3.05, 3.63) is 71.0 Å². The Bertz CT molecular complexity index is 1130. The number of imidazole rings is 1. The quantitative estimate of drug-likeness (QED) is 0.575. The molecular weight excluding hydrogens is 423 g/mol. The molecule has 29 heavy (non-hydrogen) atoms. The summed E-state index contributed by atoms with van der Waals surface area (Å²) in [7, 11) is -2.11. The third kappa shape index (κ3) is 5.13. The van der Waals surface area contributed by atoms with Crippen molar-refractivity contribution < 1.29 is 17.6 Å². The number of hydrogen-bond acceptors (Lipinski definition) is 6. The van der Waals surface area contributed by atoms with Crippen molar-refractivity contribution in [2.75, 3.05) is 0 Å². The van der Waals surface area contributed by atoms with E-state index in [1.807, 2.05) is 7.05 Å². The van der Waals surface area contributed by atoms with Gasteiger partial charge in [0, 0.05) is 19.4 Å². The Labute approximate surface area is 171 Å². The summed E-state index contributed by atoms with van der Waals surface area (Å²) in [6.07, 6.45) is 5.91. The van der Waals surface area contributed by atoms with Crippen molar-refractivity contribution in [2.45, 2.75) is 18.0 Å². The van der Waals surface area contributed by atoms with E-state index in [4.69, 9.17) is 11.6 Å². The summed E-state index contributed by atoms with van der Waals surface area (Å²) in [5.74, 6) is -0.472. The Morgan fingerprint density at radius 2 is 2.00 bits per heavy atom. The molecule has 0 bridgehead atoms. The van der Waals surface area contributed by atoms with Crippen LogP contribution in [-0.4, -0.2) is 33.8 Å². The first-order valence-corrected chi connectivity index (χ1v) is 10.1. The summed E-state index contributed by atoms with van der Waals surface area (Å²) in [6, 6.07) is 3.08. The molecule has 152 valence electrons. The second-order valence-corrected chi connectivity index (χ2v) is 8.10. The fourth-order valence-corrected chi connectivity index (χ4v) is 3.55. The Kier molecular flexibility index (Phi) is 6.20. The van der Waals surface area contributed by atoms with E-state index in [9.17, 15) is 17.6 Å². The number of aromatic nitrogens is 4. The topological polar surface area (TPSA) is 119 Å². The maximum absolute atomic E-state index is 13.2. The van der Waals surface area contributed by atoms with Crippen LogP contribution in [0.1, 0.15) is 22.0 Å². The van der Waals surface area contributed by atoms with Crippen LogP contribution in [0.3, 0.4) is 0 Å². The third-order valence-corrected chi connectivity index (χ3v) is 5.60. The molecule has 1 amide bonds. The van der Waals surface area contributed by atoms with E-state index in [1.54, 1.807) is 17.0 Å². The van der Waals surface area contributed by atoms with E-state index in [0.29, 0.717) is 11.5 Å². The number of rotatable bonds is 7. The Morgan fingerprint density at radius 1 is 1.21 bits per heavy atom. The van der Waals surface area contributed by atoms with Gasteiger partial charge in [0.25, 0.3) is 5.91 Å². The number of amides is 1. The van der Waals surface area contributed by atoms with Gasteiger partial charge in [-0.25, -0.2) is 27.5 Å². The van der Waals surface area contributed by atoms with Gasteiger partial charge in [0.05, 0.1) is 41.1 Å². The molecule has 0 aliphatic rings. The number of benzene rings is 1. The Morgan fingerprint density at radius 3 is 2.62 bits per heavy atom. The number of hydrogen-bond donors (Lipinski definition) is 2. The number of sulfonamides is 1. The molecule has 12 heteroatoms. The van der Waals surface area contributed by atoms with Crippen LogP contribution in [-0.2, 0) is 30.2 Å². The number of carbonyl (C=O) groups excluding carboxylic acids is 1. The zero-order chi connectivity index (χ0) is 21.0. The lowest BCUT2D eigenvalue weighted by molar-refractivity contribution is 0.0944. The normalized spacial score (nSPS) is 11.4. The van der Waals surface area contributed by atoms with E-state index >= 15 is 0 Å². The number of aryl methyl sites for hydroxylation is 1. The van der Waals surface area contributed by atoms with Gasteiger partial charge in [0.1, 0.15) is 17.3 Å². The summed E-state index contributed by atoms with van der Waals surface area (Å²) in [6.45, 7) is 0.0608. The molecule has 3 rings (SSSR count). The first kappa shape index (κ1) is 20.8. The second kappa shape index (κ2) is 8.64. The monoisotopic (exact) mass is 438 g/mol. The molecular formula is C17H16ClFN6O3S. The number of halogens is 2. The molecule has 0 unspecified atom stereocenters. The van der Waals surface area contributed by atoms with Crippen molar-refractivity contribution in [3.8, 4) is 0 Å². The van der Waals surface area contributed by atoms with Crippen molar-refractivity contribution in [1.82, 2.24) is 29.6 Å². The van der Waals surface area contributed by atoms with Crippen LogP contribution in [0.25, 0.3) is 0 Å². The van der Waals surface area contributed by atoms with Gasteiger partial charge in [-0.05, 0) is 18.2 Å². The van der Waals surface area contributed by atoms with Crippen molar-refractivity contribution in [2.24, 2.45) is 7.05 Å². The van der Waals surface area contributed by atoms with Crippen LogP contribution in [0.4, 0.5) is 4.39 Å². The van der Waals surface area contributed by atoms with Crippen molar-refractivity contribution >= 4 is 27.5 Å². The molecule has 0 saturated heterocycles. The van der Waals surface area contributed by atoms with Crippen LogP contribution < -0.4 is 10.0 Å². The van der Waals surface area contributed by atoms with Gasteiger partial charge in [-0.1, -0.05) is 11.6 Å². The van der Waals surface area contributed by atoms with Gasteiger partial charge >= 0.3 is 0 Å². The predicted molar refractivity (Wildman–Crippen MR) is 102 cm³/mol. The van der Waals surface area contributed by atoms with Gasteiger partial charge in [-0.2, -0.15) is 0 Å². The lowest BCUT2D eigenvalue weighted by Crippen LogP contribution is -2.26. The number of nitrogens with one attached hydrogen (secondary N) is 2. The Hall–Kier alpha value is -2.89. The maximum Gasteiger partial charge on any atom is 0.271 e. The molecule has 2 heterocycles. The summed E-state index contributed by atoms with van der Waals surface area (Å²) >= 11 is 5.62. The van der Waals surface area contributed by atoms with Gasteiger partial charge in [0.2, 0.25) is 10.0 Å². The molecule has 2 N–H and O–H groups in total. The second-order valence-electron chi connectivity index (χ2n) is 5.93. The molecule has 0 aliphatic carbocycles. The van der Waals surface area contributed by atoms with Gasteiger partial charge in [-0.3, -0.25) is 9.78 Å². The van der Waals surface area contributed by atoms with Crippen molar-refractivity contribution in [3.63, 3.8) is 0 Å². The van der Waals surface area contributed by atoms with Gasteiger partial charge in [0.15, 0.2) is 0 Å². The first-order chi connectivity index (χ1) is 13.8. The van der Waals surface area contributed by atoms with Crippen LogP contribution in [0, 0.1) is 5.82 Å². The largest absolute Gasteiger partial charge is 0.343 e. The molecule has 9 nitrogen and oxygen atoms in total. The minimum absolute atomic E-state index is 0.0798. The van der Waals surface area contributed by atoms with E-state index in [1.165, 1.54) is 12.4 Å². The minimum Gasteiger partial charge on any atom is -0.343 e. The fourth-order valence-electron chi connectivity index (χ4n) is 2.28. The average Bonchev–Trinajstić information content (AvgIpc) is 3.12. The molecule has 0 spiro atoms. The zero-order valence-electron chi connectivity index (χ0n) is 15.1. The van der Waals surface area contributed by atoms with Gasteiger partial charge < -0.3 is 9.88 Å². The summed E-state index contributed by atoms with van der Waals surface area (Å²) < 4.78 is 41.8. The molecule has 0 saturated carbocycles. The highest BCUT2D eigenvalue weighted by atomic mass is 35.5. The molecule has 1 aromatic carbocycles. The van der Waals surface area contributed by atoms with E-state index in [-0.39, 0.29) is 28.7 Å². The summed E-state index contributed by atoms with van der Waals surface area (Å²) in [5, 5.41) is 2.37. The summed E-state index contributed by atoms with van der Waals surface area (Å²) in [5.41, 5.74) is 0.374. The number of nitrogens with zero attached hydrogens (tertiary/aromatic N) is 4. The fraction of sp³-hybridized carbons (Fsp3) is 0.176.